The maximum Gasteiger partial charge on any atom is 0.292 e. The van der Waals surface area contributed by atoms with E-state index in [1.807, 2.05) is 35.2 Å². The molecular weight excluding hydrogens is 542 g/mol. The molecule has 39 heavy (non-hydrogen) atoms. The molecule has 0 atom stereocenters. The lowest BCUT2D eigenvalue weighted by Crippen LogP contribution is -2.48. The molecule has 11 nitrogen and oxygen atoms in total. The van der Waals surface area contributed by atoms with Crippen LogP contribution in [0, 0.1) is 10.1 Å². The first-order valence-corrected chi connectivity index (χ1v) is 15.7. The first-order chi connectivity index (χ1) is 18.5. The minimum absolute atomic E-state index is 0.0260. The Bertz CT molecular complexity index is 1600. The van der Waals surface area contributed by atoms with E-state index in [4.69, 9.17) is 0 Å². The maximum atomic E-state index is 13.4. The average molecular weight is 572 g/mol. The highest BCUT2D eigenvalue weighted by atomic mass is 32.2. The van der Waals surface area contributed by atoms with E-state index >= 15 is 0 Å². The van der Waals surface area contributed by atoms with Crippen LogP contribution in [-0.4, -0.2) is 65.0 Å². The van der Waals surface area contributed by atoms with Crippen molar-refractivity contribution in [2.75, 3.05) is 53.5 Å². The van der Waals surface area contributed by atoms with Gasteiger partial charge in [0.25, 0.3) is 5.69 Å². The predicted molar refractivity (Wildman–Crippen MR) is 150 cm³/mol. The molecule has 0 aromatic heterocycles. The van der Waals surface area contributed by atoms with Crippen LogP contribution in [0.5, 0.6) is 0 Å². The second kappa shape index (κ2) is 10.5. The van der Waals surface area contributed by atoms with Gasteiger partial charge in [-0.25, -0.2) is 16.8 Å². The zero-order valence-corrected chi connectivity index (χ0v) is 23.0. The highest BCUT2D eigenvalue weighted by molar-refractivity contribution is 7.92. The Kier molecular flexibility index (Phi) is 7.23. The third-order valence-electron chi connectivity index (χ3n) is 7.05. The average Bonchev–Trinajstić information content (AvgIpc) is 3.36. The minimum atomic E-state index is -3.77. The van der Waals surface area contributed by atoms with Gasteiger partial charge < -0.3 is 10.2 Å². The summed E-state index contributed by atoms with van der Waals surface area (Å²) in [7, 11) is -7.19. The van der Waals surface area contributed by atoms with Crippen LogP contribution in [0.3, 0.4) is 0 Å². The Labute approximate surface area is 227 Å². The van der Waals surface area contributed by atoms with Crippen molar-refractivity contribution in [1.29, 1.82) is 0 Å². The molecule has 1 N–H and O–H groups in total. The summed E-state index contributed by atoms with van der Waals surface area (Å²) in [5, 5.41) is 14.8. The molecule has 1 saturated heterocycles. The number of fused-ring (bicyclic) bond motifs is 1. The number of hydrogen-bond acceptors (Lipinski definition) is 8. The summed E-state index contributed by atoms with van der Waals surface area (Å²) in [6.45, 7) is 2.06. The van der Waals surface area contributed by atoms with Gasteiger partial charge in [0.2, 0.25) is 20.0 Å². The topological polar surface area (TPSA) is 133 Å². The number of rotatable bonds is 8. The van der Waals surface area contributed by atoms with Crippen molar-refractivity contribution in [1.82, 2.24) is 4.31 Å². The van der Waals surface area contributed by atoms with Crippen LogP contribution in [-0.2, 0) is 33.0 Å². The molecule has 2 aliphatic rings. The fourth-order valence-electron chi connectivity index (χ4n) is 5.00. The van der Waals surface area contributed by atoms with E-state index in [1.165, 1.54) is 20.7 Å². The van der Waals surface area contributed by atoms with Gasteiger partial charge in [-0.3, -0.25) is 14.4 Å². The van der Waals surface area contributed by atoms with E-state index in [9.17, 15) is 26.9 Å². The lowest BCUT2D eigenvalue weighted by molar-refractivity contribution is -0.384. The second-order valence-electron chi connectivity index (χ2n) is 9.56. The zero-order valence-electron chi connectivity index (χ0n) is 21.4. The lowest BCUT2D eigenvalue weighted by atomic mass is 10.2. The van der Waals surface area contributed by atoms with Crippen LogP contribution >= 0.6 is 0 Å². The number of nitro groups is 1. The van der Waals surface area contributed by atoms with Crippen LogP contribution in [0.1, 0.15) is 11.1 Å². The van der Waals surface area contributed by atoms with Gasteiger partial charge in [-0.05, 0) is 47.9 Å². The largest absolute Gasteiger partial charge is 0.375 e. The molecule has 0 amide bonds. The summed E-state index contributed by atoms with van der Waals surface area (Å²) < 4.78 is 53.5. The summed E-state index contributed by atoms with van der Waals surface area (Å²) in [6.07, 6.45) is 1.60. The van der Waals surface area contributed by atoms with Crippen LogP contribution in [0.2, 0.25) is 0 Å². The van der Waals surface area contributed by atoms with Gasteiger partial charge in [-0.2, -0.15) is 4.31 Å². The zero-order chi connectivity index (χ0) is 27.8. The highest BCUT2D eigenvalue weighted by Gasteiger charge is 2.32. The number of nitro benzene ring substituents is 1. The molecular formula is C26H29N5O6S2. The van der Waals surface area contributed by atoms with Gasteiger partial charge in [-0.1, -0.05) is 30.3 Å². The minimum Gasteiger partial charge on any atom is -0.375 e. The Hall–Kier alpha value is -3.68. The molecule has 0 bridgehead atoms. The van der Waals surface area contributed by atoms with Crippen LogP contribution < -0.4 is 14.5 Å². The second-order valence-corrected chi connectivity index (χ2v) is 13.4. The van der Waals surface area contributed by atoms with Crippen molar-refractivity contribution in [3.05, 3.63) is 88.0 Å². The molecule has 0 spiro atoms. The number of piperazine rings is 1. The molecule has 0 unspecified atom stereocenters. The first-order valence-electron chi connectivity index (χ1n) is 12.5. The van der Waals surface area contributed by atoms with E-state index in [2.05, 4.69) is 5.32 Å². The number of nitrogens with one attached hydrogen (secondary N) is 1. The van der Waals surface area contributed by atoms with E-state index in [0.29, 0.717) is 49.5 Å². The summed E-state index contributed by atoms with van der Waals surface area (Å²) in [5.74, 6) is 0. The van der Waals surface area contributed by atoms with Crippen LogP contribution in [0.25, 0.3) is 0 Å². The van der Waals surface area contributed by atoms with E-state index < -0.39 is 25.0 Å². The standard InChI is InChI=1S/C26H29N5O6S2/c1-38(34,35)30-12-11-21-17-23(8-10-25(21)30)39(36,37)29-15-13-28(14-16-29)22-7-9-26(31(32)33)24(18-22)27-19-20-5-3-2-4-6-20/h2-10,17-18,27H,11-16,19H2,1H3. The molecule has 0 radical (unpaired) electrons. The number of nitrogens with zero attached hydrogens (tertiary/aromatic N) is 4. The summed E-state index contributed by atoms with van der Waals surface area (Å²) in [5.41, 5.74) is 3.36. The predicted octanol–water partition coefficient (Wildman–Crippen LogP) is 3.04. The summed E-state index contributed by atoms with van der Waals surface area (Å²) in [6, 6.07) is 19.1. The monoisotopic (exact) mass is 571 g/mol. The maximum absolute atomic E-state index is 13.4. The van der Waals surface area contributed by atoms with Crippen molar-refractivity contribution >= 4 is 42.8 Å². The van der Waals surface area contributed by atoms with Gasteiger partial charge in [0.05, 0.1) is 21.8 Å². The van der Waals surface area contributed by atoms with Crippen LogP contribution in [0.4, 0.5) is 22.7 Å². The third kappa shape index (κ3) is 5.56. The number of benzene rings is 3. The molecule has 5 rings (SSSR count). The summed E-state index contributed by atoms with van der Waals surface area (Å²) >= 11 is 0. The molecule has 3 aromatic rings. The molecule has 13 heteroatoms. The Balaban J connectivity index is 1.29. The summed E-state index contributed by atoms with van der Waals surface area (Å²) in [4.78, 5) is 13.3. The molecule has 206 valence electrons. The number of hydrogen-bond donors (Lipinski definition) is 1. The molecule has 0 aliphatic carbocycles. The van der Waals surface area contributed by atoms with Gasteiger partial charge in [-0.15, -0.1) is 0 Å². The van der Waals surface area contributed by atoms with E-state index in [1.54, 1.807) is 24.3 Å². The number of sulfonamides is 2. The van der Waals surface area contributed by atoms with Crippen molar-refractivity contribution in [3.63, 3.8) is 0 Å². The van der Waals surface area contributed by atoms with Crippen molar-refractivity contribution in [3.8, 4) is 0 Å². The molecule has 0 saturated carbocycles. The fraction of sp³-hybridized carbons (Fsp3) is 0.308. The Morgan fingerprint density at radius 3 is 2.28 bits per heavy atom. The van der Waals surface area contributed by atoms with Crippen molar-refractivity contribution < 1.29 is 21.8 Å². The Morgan fingerprint density at radius 1 is 0.897 bits per heavy atom. The van der Waals surface area contributed by atoms with E-state index in [-0.39, 0.29) is 23.7 Å². The van der Waals surface area contributed by atoms with Gasteiger partial charge in [0, 0.05) is 51.0 Å². The quantitative estimate of drug-likeness (QED) is 0.322. The lowest BCUT2D eigenvalue weighted by Gasteiger charge is -2.35. The third-order valence-corrected chi connectivity index (χ3v) is 10.1. The first kappa shape index (κ1) is 26.9. The molecule has 1 fully saturated rings. The molecule has 2 aliphatic heterocycles. The Morgan fingerprint density at radius 2 is 1.62 bits per heavy atom. The van der Waals surface area contributed by atoms with Crippen molar-refractivity contribution in [2.45, 2.75) is 17.9 Å². The fourth-order valence-corrected chi connectivity index (χ4v) is 7.43. The van der Waals surface area contributed by atoms with Gasteiger partial charge in [0.15, 0.2) is 0 Å². The smallest absolute Gasteiger partial charge is 0.292 e. The number of anilines is 3. The SMILES string of the molecule is CS(=O)(=O)N1CCc2cc(S(=O)(=O)N3CCN(c4ccc([N+](=O)[O-])c(NCc5ccccc5)c4)CC3)ccc21. The molecule has 2 heterocycles. The molecule has 3 aromatic carbocycles. The van der Waals surface area contributed by atoms with E-state index in [0.717, 1.165) is 17.5 Å². The van der Waals surface area contributed by atoms with Crippen LogP contribution in [0.15, 0.2) is 71.6 Å². The normalized spacial score (nSPS) is 16.2. The van der Waals surface area contributed by atoms with Gasteiger partial charge in [0.1, 0.15) is 5.69 Å². The van der Waals surface area contributed by atoms with Crippen molar-refractivity contribution in [2.24, 2.45) is 0 Å². The van der Waals surface area contributed by atoms with Gasteiger partial charge >= 0.3 is 0 Å². The highest BCUT2D eigenvalue weighted by Crippen LogP contribution is 2.34.